The fourth-order valence-corrected chi connectivity index (χ4v) is 6.16. The first-order valence-electron chi connectivity index (χ1n) is 15.2. The summed E-state index contributed by atoms with van der Waals surface area (Å²) in [6, 6.07) is 8.03. The molecule has 234 valence electrons. The maximum Gasteiger partial charge on any atom is 0.420 e. The summed E-state index contributed by atoms with van der Waals surface area (Å²) in [5, 5.41) is 0. The molecule has 2 amide bonds. The highest BCUT2D eigenvalue weighted by atomic mass is 16.6. The van der Waals surface area contributed by atoms with Crippen LogP contribution in [-0.2, 0) is 20.8 Å². The molecular formula is C33H46N4O6. The first-order chi connectivity index (χ1) is 20.1. The Hall–Kier alpha value is -3.53. The minimum atomic E-state index is -0.708. The third-order valence-electron chi connectivity index (χ3n) is 8.03. The number of hydrogen-bond donors (Lipinski definition) is 0. The number of piperidine rings is 1. The number of pyridine rings is 1. The number of benzene rings is 1. The van der Waals surface area contributed by atoms with Gasteiger partial charge >= 0.3 is 12.2 Å². The second kappa shape index (κ2) is 11.5. The Bertz CT molecular complexity index is 1360. The summed E-state index contributed by atoms with van der Waals surface area (Å²) in [5.74, 6) is 1.23. The highest BCUT2D eigenvalue weighted by Gasteiger charge is 2.41. The Morgan fingerprint density at radius 3 is 2.26 bits per heavy atom. The molecule has 1 aromatic carbocycles. The molecule has 10 heteroatoms. The summed E-state index contributed by atoms with van der Waals surface area (Å²) >= 11 is 0. The molecule has 1 aromatic heterocycles. The van der Waals surface area contributed by atoms with Gasteiger partial charge in [0.15, 0.2) is 5.82 Å². The van der Waals surface area contributed by atoms with Gasteiger partial charge in [-0.2, -0.15) is 0 Å². The van der Waals surface area contributed by atoms with E-state index in [1.165, 1.54) is 0 Å². The van der Waals surface area contributed by atoms with E-state index >= 15 is 0 Å². The van der Waals surface area contributed by atoms with E-state index in [-0.39, 0.29) is 24.0 Å². The van der Waals surface area contributed by atoms with E-state index in [4.69, 9.17) is 23.9 Å². The number of morpholine rings is 1. The van der Waals surface area contributed by atoms with Crippen LogP contribution in [0.15, 0.2) is 30.5 Å². The van der Waals surface area contributed by atoms with Gasteiger partial charge in [0.1, 0.15) is 23.6 Å². The van der Waals surface area contributed by atoms with Crippen LogP contribution in [0.25, 0.3) is 0 Å². The van der Waals surface area contributed by atoms with Gasteiger partial charge < -0.3 is 28.7 Å². The van der Waals surface area contributed by atoms with Gasteiger partial charge in [-0.05, 0) is 83.1 Å². The Morgan fingerprint density at radius 1 is 0.930 bits per heavy atom. The zero-order valence-corrected chi connectivity index (χ0v) is 26.9. The Labute approximate surface area is 255 Å². The zero-order valence-electron chi connectivity index (χ0n) is 26.9. The summed E-state index contributed by atoms with van der Waals surface area (Å²) in [6.45, 7) is 19.7. The molecule has 4 heterocycles. The van der Waals surface area contributed by atoms with Crippen molar-refractivity contribution >= 4 is 29.4 Å². The van der Waals surface area contributed by atoms with Crippen LogP contribution in [0.5, 0.6) is 5.75 Å². The van der Waals surface area contributed by atoms with Gasteiger partial charge in [0.25, 0.3) is 0 Å². The van der Waals surface area contributed by atoms with Gasteiger partial charge in [-0.3, -0.25) is 0 Å². The van der Waals surface area contributed by atoms with E-state index in [2.05, 4.69) is 24.8 Å². The maximum absolute atomic E-state index is 13.9. The summed E-state index contributed by atoms with van der Waals surface area (Å²) in [7, 11) is 0. The predicted molar refractivity (Wildman–Crippen MR) is 165 cm³/mol. The number of hydrogen-bond acceptors (Lipinski definition) is 8. The number of anilines is 3. The lowest BCUT2D eigenvalue weighted by Gasteiger charge is -2.44. The highest BCUT2D eigenvalue weighted by Crippen LogP contribution is 2.47. The fraction of sp³-hybridized carbons (Fsp3) is 0.606. The van der Waals surface area contributed by atoms with Crippen LogP contribution in [0.2, 0.25) is 0 Å². The first kappa shape index (κ1) is 30.9. The van der Waals surface area contributed by atoms with Crippen LogP contribution in [0.4, 0.5) is 26.8 Å². The molecule has 0 saturated carbocycles. The number of likely N-dealkylation sites (tertiary alicyclic amines) is 1. The van der Waals surface area contributed by atoms with Crippen molar-refractivity contribution in [2.24, 2.45) is 5.41 Å². The monoisotopic (exact) mass is 594 g/mol. The van der Waals surface area contributed by atoms with Crippen molar-refractivity contribution in [1.82, 2.24) is 9.88 Å². The van der Waals surface area contributed by atoms with Crippen LogP contribution < -0.4 is 14.5 Å². The highest BCUT2D eigenvalue weighted by molar-refractivity contribution is 5.99. The van der Waals surface area contributed by atoms with Crippen LogP contribution in [0.3, 0.4) is 0 Å². The molecule has 1 atom stereocenters. The Kier molecular flexibility index (Phi) is 8.28. The van der Waals surface area contributed by atoms with Crippen molar-refractivity contribution in [2.75, 3.05) is 49.2 Å². The zero-order chi connectivity index (χ0) is 31.2. The second-order valence-corrected chi connectivity index (χ2v) is 14.3. The van der Waals surface area contributed by atoms with E-state index in [1.54, 1.807) is 16.0 Å². The van der Waals surface area contributed by atoms with E-state index < -0.39 is 17.3 Å². The van der Waals surface area contributed by atoms with Gasteiger partial charge in [-0.15, -0.1) is 0 Å². The largest absolute Gasteiger partial charge is 0.486 e. The number of carbonyl (C=O) groups is 2. The van der Waals surface area contributed by atoms with Gasteiger partial charge in [-0.25, -0.2) is 19.5 Å². The number of ether oxygens (including phenoxy) is 4. The molecule has 5 rings (SSSR count). The normalized spacial score (nSPS) is 20.4. The molecule has 2 saturated heterocycles. The number of carbonyl (C=O) groups excluding carboxylic acids is 2. The lowest BCUT2D eigenvalue weighted by Crippen LogP contribution is -2.48. The predicted octanol–water partition coefficient (Wildman–Crippen LogP) is 6.63. The lowest BCUT2D eigenvalue weighted by molar-refractivity contribution is 0.00477. The average molecular weight is 595 g/mol. The number of rotatable bonds is 2. The molecule has 10 nitrogen and oxygen atoms in total. The van der Waals surface area contributed by atoms with E-state index in [1.807, 2.05) is 59.7 Å². The summed E-state index contributed by atoms with van der Waals surface area (Å²) in [4.78, 5) is 37.2. The summed E-state index contributed by atoms with van der Waals surface area (Å²) in [6.07, 6.45) is 1.70. The maximum atomic E-state index is 13.9. The van der Waals surface area contributed by atoms with Crippen molar-refractivity contribution in [1.29, 1.82) is 0 Å². The van der Waals surface area contributed by atoms with E-state index in [0.717, 1.165) is 36.3 Å². The minimum Gasteiger partial charge on any atom is -0.486 e. The molecule has 0 aliphatic carbocycles. The number of nitrogens with zero attached hydrogens (tertiary/aromatic N) is 4. The number of fused-ring (bicyclic) bond motifs is 2. The van der Waals surface area contributed by atoms with Crippen molar-refractivity contribution < 1.29 is 28.5 Å². The molecule has 2 aromatic rings. The van der Waals surface area contributed by atoms with Crippen molar-refractivity contribution in [3.63, 3.8) is 0 Å². The van der Waals surface area contributed by atoms with Crippen LogP contribution >= 0.6 is 0 Å². The molecule has 43 heavy (non-hydrogen) atoms. The van der Waals surface area contributed by atoms with Crippen LogP contribution in [0.1, 0.15) is 78.9 Å². The fourth-order valence-electron chi connectivity index (χ4n) is 6.16. The third kappa shape index (κ3) is 6.84. The van der Waals surface area contributed by atoms with Crippen LogP contribution in [0, 0.1) is 5.41 Å². The molecule has 0 radical (unpaired) electrons. The smallest absolute Gasteiger partial charge is 0.420 e. The molecule has 0 N–H and O–H groups in total. The molecule has 0 spiro atoms. The third-order valence-corrected chi connectivity index (χ3v) is 8.03. The number of amides is 2. The first-order valence-corrected chi connectivity index (χ1v) is 15.2. The molecule has 3 aliphatic rings. The Morgan fingerprint density at radius 2 is 1.60 bits per heavy atom. The van der Waals surface area contributed by atoms with Crippen molar-refractivity contribution in [3.8, 4) is 5.75 Å². The average Bonchev–Trinajstić information content (AvgIpc) is 3.07. The quantitative estimate of drug-likeness (QED) is 0.382. The van der Waals surface area contributed by atoms with E-state index in [0.29, 0.717) is 43.6 Å². The van der Waals surface area contributed by atoms with E-state index in [9.17, 15) is 9.59 Å². The topological polar surface area (TPSA) is 93.7 Å². The standard InChI is InChI=1S/C33H46N4O6/c1-31(2,3)42-29(38)36-14-12-24(33(7,8)21-36)22-9-10-27-26(19-22)37(30(39)43-32(4,5)6)28-23(20-41-27)25(11-13-34-28)35-15-17-40-18-16-35/h9-11,13,19,24H,12,14-18,20-21H2,1-8H3. The molecule has 0 bridgehead atoms. The Balaban J connectivity index is 1.52. The number of aromatic nitrogens is 1. The molecule has 1 unspecified atom stereocenters. The molecule has 3 aliphatic heterocycles. The van der Waals surface area contributed by atoms with Gasteiger partial charge in [0.05, 0.1) is 24.5 Å². The molecule has 2 fully saturated rings. The summed E-state index contributed by atoms with van der Waals surface area (Å²) < 4.78 is 23.6. The summed E-state index contributed by atoms with van der Waals surface area (Å²) in [5.41, 5.74) is 1.97. The second-order valence-electron chi connectivity index (χ2n) is 14.3. The lowest BCUT2D eigenvalue weighted by atomic mass is 9.70. The van der Waals surface area contributed by atoms with Gasteiger partial charge in [0, 0.05) is 38.1 Å². The van der Waals surface area contributed by atoms with Crippen molar-refractivity contribution in [3.05, 3.63) is 41.6 Å². The molecular weight excluding hydrogens is 548 g/mol. The van der Waals surface area contributed by atoms with Gasteiger partial charge in [0.2, 0.25) is 0 Å². The van der Waals surface area contributed by atoms with Crippen molar-refractivity contribution in [2.45, 2.75) is 85.5 Å². The SMILES string of the molecule is CC(C)(C)OC(=O)N1CCC(c2ccc3c(c2)N(C(=O)OC(C)(C)C)c2nccc(N4CCOCC4)c2CO3)C(C)(C)C1. The van der Waals surface area contributed by atoms with Crippen LogP contribution in [-0.4, -0.2) is 72.7 Å². The minimum absolute atomic E-state index is 0.132. The van der Waals surface area contributed by atoms with Gasteiger partial charge in [-0.1, -0.05) is 19.9 Å².